The smallest absolute Gasteiger partial charge is 0.344 e. The van der Waals surface area contributed by atoms with Crippen molar-refractivity contribution in [1.29, 1.82) is 0 Å². The van der Waals surface area contributed by atoms with Crippen LogP contribution >= 0.6 is 15.9 Å². The predicted octanol–water partition coefficient (Wildman–Crippen LogP) is 4.35. The molecule has 2 aromatic rings. The van der Waals surface area contributed by atoms with Crippen molar-refractivity contribution >= 4 is 33.8 Å². The van der Waals surface area contributed by atoms with Crippen molar-refractivity contribution in [3.63, 3.8) is 0 Å². The zero-order valence-electron chi connectivity index (χ0n) is 16.7. The Kier molecular flexibility index (Phi) is 6.11. The molecule has 0 aliphatic carbocycles. The van der Waals surface area contributed by atoms with Crippen molar-refractivity contribution in [2.24, 2.45) is 0 Å². The Balaban J connectivity index is 1.59. The fourth-order valence-corrected chi connectivity index (χ4v) is 3.83. The van der Waals surface area contributed by atoms with Gasteiger partial charge < -0.3 is 23.7 Å². The summed E-state index contributed by atoms with van der Waals surface area (Å²) < 4.78 is 28.1. The fourth-order valence-electron chi connectivity index (χ4n) is 3.31. The Labute approximate surface area is 187 Å². The van der Waals surface area contributed by atoms with Crippen molar-refractivity contribution in [3.8, 4) is 17.2 Å². The summed E-state index contributed by atoms with van der Waals surface area (Å²) in [6, 6.07) is 7.03. The third kappa shape index (κ3) is 4.35. The van der Waals surface area contributed by atoms with Gasteiger partial charge in [-0.3, -0.25) is 4.79 Å². The Hall–Kier alpha value is -3.10. The Morgan fingerprint density at radius 2 is 2.13 bits per heavy atom. The zero-order chi connectivity index (χ0) is 22.0. The Bertz CT molecular complexity index is 1100. The summed E-state index contributed by atoms with van der Waals surface area (Å²) >= 11 is 3.47. The number of allylic oxidation sites excluding steroid dienone is 1. The molecular formula is C23H19BrO7. The molecule has 0 bridgehead atoms. The van der Waals surface area contributed by atoms with Crippen LogP contribution in [0, 0.1) is 6.92 Å². The van der Waals surface area contributed by atoms with Crippen molar-refractivity contribution < 1.29 is 33.3 Å². The largest absolute Gasteiger partial charge is 0.481 e. The first-order valence-corrected chi connectivity index (χ1v) is 10.3. The van der Waals surface area contributed by atoms with Crippen molar-refractivity contribution in [2.45, 2.75) is 13.5 Å². The average Bonchev–Trinajstić information content (AvgIpc) is 3.08. The minimum atomic E-state index is -0.513. The maximum Gasteiger partial charge on any atom is 0.344 e. The van der Waals surface area contributed by atoms with Crippen LogP contribution in [0.2, 0.25) is 0 Å². The second kappa shape index (κ2) is 8.95. The van der Waals surface area contributed by atoms with Gasteiger partial charge in [0, 0.05) is 21.2 Å². The van der Waals surface area contributed by atoms with E-state index in [9.17, 15) is 9.59 Å². The average molecular weight is 487 g/mol. The number of ketones is 1. The van der Waals surface area contributed by atoms with E-state index in [0.29, 0.717) is 40.5 Å². The number of rotatable bonds is 6. The molecule has 2 aliphatic heterocycles. The Morgan fingerprint density at radius 3 is 2.94 bits per heavy atom. The van der Waals surface area contributed by atoms with Gasteiger partial charge in [-0.15, -0.1) is 0 Å². The van der Waals surface area contributed by atoms with E-state index < -0.39 is 5.97 Å². The molecule has 0 radical (unpaired) electrons. The lowest BCUT2D eigenvalue weighted by molar-refractivity contribution is -0.144. The highest BCUT2D eigenvalue weighted by Gasteiger charge is 2.31. The number of carbonyl (C=O) groups excluding carboxylic acids is 2. The van der Waals surface area contributed by atoms with Gasteiger partial charge in [-0.25, -0.2) is 4.79 Å². The molecule has 0 spiro atoms. The van der Waals surface area contributed by atoms with Crippen molar-refractivity contribution in [2.75, 3.05) is 20.0 Å². The van der Waals surface area contributed by atoms with Gasteiger partial charge in [0.05, 0.1) is 12.2 Å². The van der Waals surface area contributed by atoms with E-state index in [2.05, 4.69) is 22.5 Å². The molecule has 2 aromatic carbocycles. The third-order valence-corrected chi connectivity index (χ3v) is 5.19. The van der Waals surface area contributed by atoms with Gasteiger partial charge >= 0.3 is 5.97 Å². The first-order chi connectivity index (χ1) is 15.0. The van der Waals surface area contributed by atoms with E-state index in [0.717, 1.165) is 10.0 Å². The van der Waals surface area contributed by atoms with Gasteiger partial charge in [-0.1, -0.05) is 28.6 Å². The monoisotopic (exact) mass is 486 g/mol. The molecular weight excluding hydrogens is 468 g/mol. The maximum absolute atomic E-state index is 12.9. The summed E-state index contributed by atoms with van der Waals surface area (Å²) in [6.45, 7) is 5.69. The number of esters is 1. The van der Waals surface area contributed by atoms with Crippen LogP contribution in [-0.4, -0.2) is 31.8 Å². The standard InChI is InChI=1S/C23H19BrO7/c1-3-6-28-20(25)11-29-18-5-4-17-21(26)19(31-22(17)13(18)2)9-14-7-16(24)8-15-10-27-12-30-23(14)15/h3-5,7-9H,1,6,10-12H2,2H3/b19-9-. The van der Waals surface area contributed by atoms with E-state index in [1.165, 1.54) is 6.08 Å². The predicted molar refractivity (Wildman–Crippen MR) is 115 cm³/mol. The second-order valence-corrected chi connectivity index (χ2v) is 7.78. The molecule has 2 heterocycles. The van der Waals surface area contributed by atoms with Gasteiger partial charge in [-0.05, 0) is 37.3 Å². The molecule has 2 aliphatic rings. The van der Waals surface area contributed by atoms with Crippen molar-refractivity contribution in [3.05, 3.63) is 69.4 Å². The van der Waals surface area contributed by atoms with Crippen LogP contribution in [0.25, 0.3) is 6.08 Å². The summed E-state index contributed by atoms with van der Waals surface area (Å²) in [6.07, 6.45) is 3.14. The highest BCUT2D eigenvalue weighted by Crippen LogP contribution is 2.40. The molecule has 0 N–H and O–H groups in total. The number of hydrogen-bond donors (Lipinski definition) is 0. The normalized spacial score (nSPS) is 15.5. The van der Waals surface area contributed by atoms with Crippen LogP contribution in [0.4, 0.5) is 0 Å². The minimum absolute atomic E-state index is 0.117. The summed E-state index contributed by atoms with van der Waals surface area (Å²) in [5.41, 5.74) is 2.64. The number of Topliss-reactive ketones (excluding diaryl/α,β-unsaturated/α-hetero) is 1. The topological polar surface area (TPSA) is 80.3 Å². The van der Waals surface area contributed by atoms with E-state index in [1.807, 2.05) is 12.1 Å². The van der Waals surface area contributed by atoms with E-state index in [4.69, 9.17) is 23.7 Å². The first kappa shape index (κ1) is 21.1. The lowest BCUT2D eigenvalue weighted by Gasteiger charge is -2.20. The number of fused-ring (bicyclic) bond motifs is 2. The highest BCUT2D eigenvalue weighted by atomic mass is 79.9. The Morgan fingerprint density at radius 1 is 1.29 bits per heavy atom. The molecule has 8 heteroatoms. The minimum Gasteiger partial charge on any atom is -0.481 e. The zero-order valence-corrected chi connectivity index (χ0v) is 18.3. The van der Waals surface area contributed by atoms with E-state index in [1.54, 1.807) is 25.1 Å². The molecule has 4 rings (SSSR count). The van der Waals surface area contributed by atoms with Gasteiger partial charge in [0.15, 0.2) is 19.2 Å². The summed E-state index contributed by atoms with van der Waals surface area (Å²) in [5.74, 6) is 0.922. The molecule has 0 saturated heterocycles. The molecule has 0 amide bonds. The summed E-state index contributed by atoms with van der Waals surface area (Å²) in [4.78, 5) is 24.6. The fraction of sp³-hybridized carbons (Fsp3) is 0.217. The van der Waals surface area contributed by atoms with Crippen LogP contribution in [0.3, 0.4) is 0 Å². The molecule has 31 heavy (non-hydrogen) atoms. The van der Waals surface area contributed by atoms with Gasteiger partial charge in [0.1, 0.15) is 23.9 Å². The van der Waals surface area contributed by atoms with E-state index >= 15 is 0 Å². The number of carbonyl (C=O) groups is 2. The number of benzene rings is 2. The van der Waals surface area contributed by atoms with E-state index in [-0.39, 0.29) is 31.5 Å². The van der Waals surface area contributed by atoms with Crippen LogP contribution in [0.5, 0.6) is 17.2 Å². The summed E-state index contributed by atoms with van der Waals surface area (Å²) in [7, 11) is 0. The lowest BCUT2D eigenvalue weighted by Crippen LogP contribution is -2.15. The molecule has 160 valence electrons. The van der Waals surface area contributed by atoms with Gasteiger partial charge in [0.25, 0.3) is 0 Å². The van der Waals surface area contributed by atoms with Crippen LogP contribution < -0.4 is 14.2 Å². The quantitative estimate of drug-likeness (QED) is 0.341. The molecule has 0 fully saturated rings. The lowest BCUT2D eigenvalue weighted by atomic mass is 10.0. The van der Waals surface area contributed by atoms with Crippen molar-refractivity contribution in [1.82, 2.24) is 0 Å². The first-order valence-electron chi connectivity index (χ1n) is 9.48. The molecule has 0 saturated carbocycles. The van der Waals surface area contributed by atoms with Gasteiger partial charge in [-0.2, -0.15) is 0 Å². The number of halogens is 1. The number of ether oxygens (including phenoxy) is 5. The van der Waals surface area contributed by atoms with Crippen LogP contribution in [0.15, 0.2) is 47.2 Å². The van der Waals surface area contributed by atoms with Gasteiger partial charge in [0.2, 0.25) is 5.78 Å². The third-order valence-electron chi connectivity index (χ3n) is 4.73. The van der Waals surface area contributed by atoms with Crippen LogP contribution in [0.1, 0.15) is 27.0 Å². The maximum atomic E-state index is 12.9. The second-order valence-electron chi connectivity index (χ2n) is 6.86. The van der Waals surface area contributed by atoms with Crippen LogP contribution in [-0.2, 0) is 20.9 Å². The SMILES string of the molecule is C=CCOC(=O)COc1ccc2c(c1C)O/C(=C\c1cc(Br)cc3c1OCOC3)C2=O. The molecule has 7 nitrogen and oxygen atoms in total. The molecule has 0 unspecified atom stereocenters. The molecule has 0 aromatic heterocycles. The summed E-state index contributed by atoms with van der Waals surface area (Å²) in [5, 5.41) is 0. The highest BCUT2D eigenvalue weighted by molar-refractivity contribution is 9.10. The number of hydrogen-bond acceptors (Lipinski definition) is 7. The molecule has 0 atom stereocenters.